The molecule has 1 fully saturated rings. The Morgan fingerprint density at radius 3 is 3.08 bits per heavy atom. The molecule has 2 rings (SSSR count). The number of rotatable bonds is 2. The lowest BCUT2D eigenvalue weighted by Gasteiger charge is -2.19. The highest BCUT2D eigenvalue weighted by Crippen LogP contribution is 2.18. The first-order chi connectivity index (χ1) is 6.45. The minimum Gasteiger partial charge on any atom is -0.315 e. The zero-order valence-corrected chi connectivity index (χ0v) is 8.39. The van der Waals surface area contributed by atoms with E-state index in [9.17, 15) is 0 Å². The molecule has 0 unspecified atom stereocenters. The van der Waals surface area contributed by atoms with Crippen molar-refractivity contribution < 1.29 is 0 Å². The molecule has 0 spiro atoms. The van der Waals surface area contributed by atoms with Gasteiger partial charge in [0, 0.05) is 19.6 Å². The fourth-order valence-electron chi connectivity index (χ4n) is 2.23. The second-order valence-electron chi connectivity index (χ2n) is 4.13. The summed E-state index contributed by atoms with van der Waals surface area (Å²) >= 11 is 0. The fraction of sp³-hybridized carbons (Fsp3) is 0.818. The molecule has 1 N–H and O–H groups in total. The normalized spacial score (nSPS) is 25.7. The Morgan fingerprint density at radius 2 is 2.23 bits per heavy atom. The summed E-state index contributed by atoms with van der Waals surface area (Å²) in [6, 6.07) is 0. The highest BCUT2D eigenvalue weighted by molar-refractivity contribution is 5.09. The lowest BCUT2D eigenvalue weighted by Crippen LogP contribution is -2.29. The monoisotopic (exact) mass is 180 g/mol. The SMILES string of the molecule is C1=C(CN2CCCNCC2)CCC1. The molecule has 0 aromatic carbocycles. The Morgan fingerprint density at radius 1 is 1.23 bits per heavy atom. The van der Waals surface area contributed by atoms with E-state index in [0.29, 0.717) is 0 Å². The average molecular weight is 180 g/mol. The Labute approximate surface area is 81.0 Å². The molecule has 74 valence electrons. The Balaban J connectivity index is 1.78. The van der Waals surface area contributed by atoms with E-state index in [1.807, 2.05) is 0 Å². The van der Waals surface area contributed by atoms with Crippen molar-refractivity contribution in [1.29, 1.82) is 0 Å². The fourth-order valence-corrected chi connectivity index (χ4v) is 2.23. The first-order valence-electron chi connectivity index (χ1n) is 5.56. The van der Waals surface area contributed by atoms with Crippen LogP contribution in [0.4, 0.5) is 0 Å². The Kier molecular flexibility index (Phi) is 3.39. The van der Waals surface area contributed by atoms with Crippen molar-refractivity contribution in [2.45, 2.75) is 25.7 Å². The maximum atomic E-state index is 3.44. The molecule has 0 aromatic heterocycles. The summed E-state index contributed by atoms with van der Waals surface area (Å²) in [7, 11) is 0. The van der Waals surface area contributed by atoms with Crippen molar-refractivity contribution in [2.75, 3.05) is 32.7 Å². The van der Waals surface area contributed by atoms with Gasteiger partial charge < -0.3 is 5.32 Å². The Bertz CT molecular complexity index is 179. The second-order valence-corrected chi connectivity index (χ2v) is 4.13. The molecule has 2 aliphatic rings. The molecule has 1 aliphatic heterocycles. The summed E-state index contributed by atoms with van der Waals surface area (Å²) in [5.74, 6) is 0. The summed E-state index contributed by atoms with van der Waals surface area (Å²) in [5.41, 5.74) is 1.68. The molecule has 2 heteroatoms. The van der Waals surface area contributed by atoms with Crippen molar-refractivity contribution in [3.05, 3.63) is 11.6 Å². The molecule has 0 atom stereocenters. The maximum Gasteiger partial charge on any atom is 0.0193 e. The first-order valence-corrected chi connectivity index (χ1v) is 5.56. The van der Waals surface area contributed by atoms with Crippen LogP contribution in [0.25, 0.3) is 0 Å². The van der Waals surface area contributed by atoms with Gasteiger partial charge in [0.1, 0.15) is 0 Å². The van der Waals surface area contributed by atoms with Gasteiger partial charge in [-0.2, -0.15) is 0 Å². The minimum absolute atomic E-state index is 1.17. The van der Waals surface area contributed by atoms with Crippen LogP contribution in [0.5, 0.6) is 0 Å². The quantitative estimate of drug-likeness (QED) is 0.646. The van der Waals surface area contributed by atoms with E-state index in [1.54, 1.807) is 5.57 Å². The number of nitrogens with zero attached hydrogens (tertiary/aromatic N) is 1. The van der Waals surface area contributed by atoms with Gasteiger partial charge in [0.2, 0.25) is 0 Å². The standard InChI is InChI=1S/C11H20N2/c1-2-5-11(4-1)10-13-8-3-6-12-7-9-13/h4,12H,1-3,5-10H2. The third-order valence-corrected chi connectivity index (χ3v) is 2.99. The third-order valence-electron chi connectivity index (χ3n) is 2.99. The molecule has 0 saturated carbocycles. The van der Waals surface area contributed by atoms with Crippen LogP contribution in [0.15, 0.2) is 11.6 Å². The molecule has 1 aliphatic carbocycles. The van der Waals surface area contributed by atoms with Crippen molar-refractivity contribution >= 4 is 0 Å². The van der Waals surface area contributed by atoms with Gasteiger partial charge >= 0.3 is 0 Å². The largest absolute Gasteiger partial charge is 0.315 e. The van der Waals surface area contributed by atoms with Gasteiger partial charge in [-0.3, -0.25) is 4.90 Å². The molecule has 0 radical (unpaired) electrons. The van der Waals surface area contributed by atoms with Crippen LogP contribution < -0.4 is 5.32 Å². The molecular formula is C11H20N2. The molecule has 2 nitrogen and oxygen atoms in total. The van der Waals surface area contributed by atoms with E-state index in [0.717, 1.165) is 0 Å². The Hall–Kier alpha value is -0.340. The number of allylic oxidation sites excluding steroid dienone is 1. The van der Waals surface area contributed by atoms with Crippen LogP contribution in [-0.4, -0.2) is 37.6 Å². The highest BCUT2D eigenvalue weighted by atomic mass is 15.1. The predicted molar refractivity (Wildman–Crippen MR) is 55.9 cm³/mol. The summed E-state index contributed by atoms with van der Waals surface area (Å²) < 4.78 is 0. The van der Waals surface area contributed by atoms with Gasteiger partial charge in [0.15, 0.2) is 0 Å². The predicted octanol–water partition coefficient (Wildman–Crippen LogP) is 1.39. The molecule has 0 amide bonds. The zero-order chi connectivity index (χ0) is 8.93. The molecule has 1 saturated heterocycles. The van der Waals surface area contributed by atoms with Crippen LogP contribution in [0.2, 0.25) is 0 Å². The van der Waals surface area contributed by atoms with Gasteiger partial charge in [-0.25, -0.2) is 0 Å². The van der Waals surface area contributed by atoms with Crippen LogP contribution in [0.3, 0.4) is 0 Å². The van der Waals surface area contributed by atoms with E-state index in [2.05, 4.69) is 16.3 Å². The number of hydrogen-bond acceptors (Lipinski definition) is 2. The lowest BCUT2D eigenvalue weighted by molar-refractivity contribution is 0.315. The van der Waals surface area contributed by atoms with E-state index in [-0.39, 0.29) is 0 Å². The van der Waals surface area contributed by atoms with E-state index in [4.69, 9.17) is 0 Å². The van der Waals surface area contributed by atoms with Crippen molar-refractivity contribution in [3.63, 3.8) is 0 Å². The van der Waals surface area contributed by atoms with Crippen molar-refractivity contribution in [1.82, 2.24) is 10.2 Å². The van der Waals surface area contributed by atoms with Crippen LogP contribution in [-0.2, 0) is 0 Å². The van der Waals surface area contributed by atoms with Crippen LogP contribution in [0.1, 0.15) is 25.7 Å². The molecule has 13 heavy (non-hydrogen) atoms. The van der Waals surface area contributed by atoms with E-state index < -0.39 is 0 Å². The van der Waals surface area contributed by atoms with Gasteiger partial charge in [-0.15, -0.1) is 0 Å². The number of nitrogens with one attached hydrogen (secondary N) is 1. The summed E-state index contributed by atoms with van der Waals surface area (Å²) in [6.07, 6.45) is 7.82. The number of hydrogen-bond donors (Lipinski definition) is 1. The van der Waals surface area contributed by atoms with Crippen LogP contribution >= 0.6 is 0 Å². The van der Waals surface area contributed by atoms with Crippen LogP contribution in [0, 0.1) is 0 Å². The molecule has 0 bridgehead atoms. The summed E-state index contributed by atoms with van der Waals surface area (Å²) in [5, 5.41) is 3.44. The van der Waals surface area contributed by atoms with Gasteiger partial charge in [-0.05, 0) is 38.8 Å². The molecule has 1 heterocycles. The topological polar surface area (TPSA) is 15.3 Å². The van der Waals surface area contributed by atoms with Gasteiger partial charge in [0.05, 0.1) is 0 Å². The van der Waals surface area contributed by atoms with Gasteiger partial charge in [-0.1, -0.05) is 11.6 Å². The highest BCUT2D eigenvalue weighted by Gasteiger charge is 2.11. The average Bonchev–Trinajstić information content (AvgIpc) is 2.49. The van der Waals surface area contributed by atoms with Crippen molar-refractivity contribution in [3.8, 4) is 0 Å². The first kappa shape index (κ1) is 9.22. The summed E-state index contributed by atoms with van der Waals surface area (Å²) in [4.78, 5) is 2.59. The third kappa shape index (κ3) is 2.82. The zero-order valence-electron chi connectivity index (χ0n) is 8.39. The van der Waals surface area contributed by atoms with Gasteiger partial charge in [0.25, 0.3) is 0 Å². The summed E-state index contributed by atoms with van der Waals surface area (Å²) in [6.45, 7) is 6.13. The molecular weight excluding hydrogens is 160 g/mol. The lowest BCUT2D eigenvalue weighted by atomic mass is 10.2. The minimum atomic E-state index is 1.17. The van der Waals surface area contributed by atoms with Crippen molar-refractivity contribution in [2.24, 2.45) is 0 Å². The smallest absolute Gasteiger partial charge is 0.0193 e. The maximum absolute atomic E-state index is 3.44. The van der Waals surface area contributed by atoms with E-state index >= 15 is 0 Å². The van der Waals surface area contributed by atoms with E-state index in [1.165, 1.54) is 58.4 Å². The second kappa shape index (κ2) is 4.77. The molecule has 0 aromatic rings.